The van der Waals surface area contributed by atoms with Crippen molar-refractivity contribution >= 4 is 49.4 Å². The van der Waals surface area contributed by atoms with Crippen LogP contribution in [0.15, 0.2) is 39.3 Å². The fourth-order valence-electron chi connectivity index (χ4n) is 1.10. The first-order chi connectivity index (χ1) is 8.52. The van der Waals surface area contributed by atoms with E-state index in [0.29, 0.717) is 5.69 Å². The van der Waals surface area contributed by atoms with E-state index in [1.807, 2.05) is 0 Å². The Kier molecular flexibility index (Phi) is 6.07. The summed E-state index contributed by atoms with van der Waals surface area (Å²) in [6.45, 7) is 1.38. The topological polar surface area (TPSA) is 55.4 Å². The van der Waals surface area contributed by atoms with E-state index in [9.17, 15) is 9.59 Å². The molecule has 0 saturated carbocycles. The van der Waals surface area contributed by atoms with Gasteiger partial charge in [-0.2, -0.15) is 0 Å². The predicted octanol–water partition coefficient (Wildman–Crippen LogP) is 3.27. The number of hydrogen-bond donors (Lipinski definition) is 1. The van der Waals surface area contributed by atoms with Crippen LogP contribution in [0.25, 0.3) is 0 Å². The first-order valence-electron chi connectivity index (χ1n) is 5.07. The van der Waals surface area contributed by atoms with Gasteiger partial charge < -0.3 is 10.1 Å². The fraction of sp³-hybridized carbons (Fsp3) is 0.167. The number of benzene rings is 1. The molecule has 0 aliphatic heterocycles. The third-order valence-electron chi connectivity index (χ3n) is 1.85. The summed E-state index contributed by atoms with van der Waals surface area (Å²) in [6, 6.07) is 5.34. The highest BCUT2D eigenvalue weighted by molar-refractivity contribution is 9.11. The van der Waals surface area contributed by atoms with Crippen LogP contribution in [0.2, 0.25) is 0 Å². The van der Waals surface area contributed by atoms with Crippen LogP contribution < -0.4 is 5.32 Å². The summed E-state index contributed by atoms with van der Waals surface area (Å²) in [5.41, 5.74) is 0.616. The molecular formula is C12H11Br2NO3. The quantitative estimate of drug-likeness (QED) is 0.648. The summed E-state index contributed by atoms with van der Waals surface area (Å²) in [5, 5.41) is 2.63. The molecule has 1 aromatic carbocycles. The van der Waals surface area contributed by atoms with E-state index >= 15 is 0 Å². The Hall–Kier alpha value is -1.14. The van der Waals surface area contributed by atoms with Crippen molar-refractivity contribution in [1.82, 2.24) is 0 Å². The zero-order valence-corrected chi connectivity index (χ0v) is 12.7. The van der Waals surface area contributed by atoms with Crippen molar-refractivity contribution < 1.29 is 14.3 Å². The lowest BCUT2D eigenvalue weighted by Gasteiger charge is -2.07. The zero-order chi connectivity index (χ0) is 13.5. The maximum Gasteiger partial charge on any atom is 0.330 e. The molecule has 0 aliphatic rings. The molecule has 96 valence electrons. The van der Waals surface area contributed by atoms with Crippen LogP contribution in [0.4, 0.5) is 5.69 Å². The van der Waals surface area contributed by atoms with Gasteiger partial charge in [0.05, 0.1) is 5.69 Å². The lowest BCUT2D eigenvalue weighted by atomic mass is 10.3. The summed E-state index contributed by atoms with van der Waals surface area (Å²) >= 11 is 6.63. The van der Waals surface area contributed by atoms with Crippen LogP contribution in [-0.2, 0) is 14.3 Å². The molecule has 0 bridgehead atoms. The number of anilines is 1. The van der Waals surface area contributed by atoms with Gasteiger partial charge in [-0.3, -0.25) is 4.79 Å². The van der Waals surface area contributed by atoms with E-state index in [-0.39, 0.29) is 6.61 Å². The van der Waals surface area contributed by atoms with Crippen molar-refractivity contribution in [2.45, 2.75) is 6.92 Å². The summed E-state index contributed by atoms with van der Waals surface area (Å²) in [7, 11) is 0. The molecule has 0 spiro atoms. The molecule has 1 rings (SSSR count). The highest BCUT2D eigenvalue weighted by atomic mass is 79.9. The molecule has 0 atom stereocenters. The highest BCUT2D eigenvalue weighted by Crippen LogP contribution is 2.25. The molecule has 4 nitrogen and oxygen atoms in total. The zero-order valence-electron chi connectivity index (χ0n) is 9.57. The Labute approximate surface area is 122 Å². The van der Waals surface area contributed by atoms with Gasteiger partial charge >= 0.3 is 5.97 Å². The lowest BCUT2D eigenvalue weighted by Crippen LogP contribution is -2.20. The molecule has 0 aliphatic carbocycles. The maximum atomic E-state index is 11.5. The molecule has 1 amide bonds. The number of rotatable bonds is 4. The maximum absolute atomic E-state index is 11.5. The molecule has 6 heteroatoms. The SMILES string of the molecule is C/C=C/C(=O)OCC(=O)Nc1ccc(Br)cc1Br. The van der Waals surface area contributed by atoms with Crippen molar-refractivity contribution in [2.24, 2.45) is 0 Å². The Morgan fingerprint density at radius 2 is 2.11 bits per heavy atom. The summed E-state index contributed by atoms with van der Waals surface area (Å²) in [4.78, 5) is 22.5. The molecule has 18 heavy (non-hydrogen) atoms. The fourth-order valence-corrected chi connectivity index (χ4v) is 2.24. The van der Waals surface area contributed by atoms with Gasteiger partial charge in [-0.1, -0.05) is 22.0 Å². The standard InChI is InChI=1S/C12H11Br2NO3/c1-2-3-12(17)18-7-11(16)15-10-5-4-8(13)6-9(10)14/h2-6H,7H2,1H3,(H,15,16)/b3-2+. The van der Waals surface area contributed by atoms with Crippen molar-refractivity contribution in [3.8, 4) is 0 Å². The third kappa shape index (κ3) is 5.01. The van der Waals surface area contributed by atoms with Crippen LogP contribution in [0.3, 0.4) is 0 Å². The Bertz CT molecular complexity index is 486. The number of esters is 1. The smallest absolute Gasteiger partial charge is 0.330 e. The minimum Gasteiger partial charge on any atom is -0.452 e. The number of hydrogen-bond acceptors (Lipinski definition) is 3. The van der Waals surface area contributed by atoms with Gasteiger partial charge in [-0.05, 0) is 41.1 Å². The number of amides is 1. The van der Waals surface area contributed by atoms with E-state index in [1.54, 1.807) is 31.2 Å². The number of halogens is 2. The minimum absolute atomic E-state index is 0.314. The molecule has 0 radical (unpaired) electrons. The normalized spacial score (nSPS) is 10.4. The molecule has 0 heterocycles. The number of carbonyl (C=O) groups is 2. The van der Waals surface area contributed by atoms with Crippen molar-refractivity contribution in [3.05, 3.63) is 39.3 Å². The molecule has 0 unspecified atom stereocenters. The molecule has 0 saturated heterocycles. The van der Waals surface area contributed by atoms with E-state index < -0.39 is 11.9 Å². The Balaban J connectivity index is 2.52. The first-order valence-corrected chi connectivity index (χ1v) is 6.66. The number of nitrogens with one attached hydrogen (secondary N) is 1. The number of ether oxygens (including phenoxy) is 1. The minimum atomic E-state index is -0.539. The van der Waals surface area contributed by atoms with E-state index in [1.165, 1.54) is 6.08 Å². The summed E-state index contributed by atoms with van der Waals surface area (Å²) < 4.78 is 6.35. The van der Waals surface area contributed by atoms with Crippen molar-refractivity contribution in [2.75, 3.05) is 11.9 Å². The number of carbonyl (C=O) groups excluding carboxylic acids is 2. The second-order valence-corrected chi connectivity index (χ2v) is 5.05. The summed E-state index contributed by atoms with van der Waals surface area (Å²) in [6.07, 6.45) is 2.80. The first kappa shape index (κ1) is 14.9. The van der Waals surface area contributed by atoms with Gasteiger partial charge in [0.25, 0.3) is 5.91 Å². The largest absolute Gasteiger partial charge is 0.452 e. The molecule has 0 fully saturated rings. The average Bonchev–Trinajstić information content (AvgIpc) is 2.31. The van der Waals surface area contributed by atoms with Crippen molar-refractivity contribution in [1.29, 1.82) is 0 Å². The Morgan fingerprint density at radius 3 is 2.72 bits per heavy atom. The van der Waals surface area contributed by atoms with Gasteiger partial charge in [-0.15, -0.1) is 0 Å². The molecule has 1 N–H and O–H groups in total. The Morgan fingerprint density at radius 1 is 1.39 bits per heavy atom. The average molecular weight is 377 g/mol. The molecular weight excluding hydrogens is 366 g/mol. The van der Waals surface area contributed by atoms with Gasteiger partial charge in [-0.25, -0.2) is 4.79 Å². The number of allylic oxidation sites excluding steroid dienone is 1. The van der Waals surface area contributed by atoms with Crippen LogP contribution >= 0.6 is 31.9 Å². The van der Waals surface area contributed by atoms with E-state index in [0.717, 1.165) is 8.95 Å². The van der Waals surface area contributed by atoms with Crippen molar-refractivity contribution in [3.63, 3.8) is 0 Å². The van der Waals surface area contributed by atoms with Crippen LogP contribution in [0, 0.1) is 0 Å². The van der Waals surface area contributed by atoms with E-state index in [2.05, 4.69) is 37.2 Å². The highest BCUT2D eigenvalue weighted by Gasteiger charge is 2.07. The van der Waals surface area contributed by atoms with Gasteiger partial charge in [0, 0.05) is 15.0 Å². The monoisotopic (exact) mass is 375 g/mol. The van der Waals surface area contributed by atoms with Gasteiger partial charge in [0.2, 0.25) is 0 Å². The van der Waals surface area contributed by atoms with Crippen LogP contribution in [-0.4, -0.2) is 18.5 Å². The van der Waals surface area contributed by atoms with Gasteiger partial charge in [0.1, 0.15) is 0 Å². The van der Waals surface area contributed by atoms with Crippen LogP contribution in [0.5, 0.6) is 0 Å². The second-order valence-electron chi connectivity index (χ2n) is 3.28. The second kappa shape index (κ2) is 7.33. The predicted molar refractivity (Wildman–Crippen MR) is 76.2 cm³/mol. The lowest BCUT2D eigenvalue weighted by molar-refractivity contribution is -0.142. The molecule has 1 aromatic rings. The van der Waals surface area contributed by atoms with Gasteiger partial charge in [0.15, 0.2) is 6.61 Å². The van der Waals surface area contributed by atoms with Crippen LogP contribution in [0.1, 0.15) is 6.92 Å². The summed E-state index contributed by atoms with van der Waals surface area (Å²) in [5.74, 6) is -0.932. The molecule has 0 aromatic heterocycles. The van der Waals surface area contributed by atoms with E-state index in [4.69, 9.17) is 4.74 Å². The third-order valence-corrected chi connectivity index (χ3v) is 3.00.